The zero-order valence-electron chi connectivity index (χ0n) is 13.4. The molecule has 24 heavy (non-hydrogen) atoms. The number of carboxylic acid groups (broad SMARTS) is 1. The molecule has 0 aliphatic carbocycles. The van der Waals surface area contributed by atoms with Crippen LogP contribution in [0.2, 0.25) is 0 Å². The van der Waals surface area contributed by atoms with E-state index in [1.54, 1.807) is 24.3 Å². The second-order valence-electron chi connectivity index (χ2n) is 6.19. The molecule has 0 spiro atoms. The molecule has 6 heteroatoms. The summed E-state index contributed by atoms with van der Waals surface area (Å²) in [5.74, 6) is -0.0240. The number of carbonyl (C=O) groups excluding carboxylic acids is 2. The molecule has 1 N–H and O–H groups in total. The fraction of sp³-hybridized carbons (Fsp3) is 0.389. The highest BCUT2D eigenvalue weighted by atomic mass is 16.4. The van der Waals surface area contributed by atoms with Crippen molar-refractivity contribution in [1.82, 2.24) is 9.80 Å². The van der Waals surface area contributed by atoms with Crippen LogP contribution in [-0.4, -0.2) is 52.4 Å². The maximum atomic E-state index is 12.2. The van der Waals surface area contributed by atoms with Crippen LogP contribution in [0.25, 0.3) is 0 Å². The first kappa shape index (κ1) is 16.2. The van der Waals surface area contributed by atoms with Crippen LogP contribution >= 0.6 is 0 Å². The largest absolute Gasteiger partial charge is 0.465 e. The van der Waals surface area contributed by atoms with Crippen molar-refractivity contribution in [2.24, 2.45) is 5.92 Å². The summed E-state index contributed by atoms with van der Waals surface area (Å²) in [6.45, 7) is 1.43. The Morgan fingerprint density at radius 3 is 2.21 bits per heavy atom. The van der Waals surface area contributed by atoms with Crippen molar-refractivity contribution in [3.8, 4) is 0 Å². The van der Waals surface area contributed by atoms with Gasteiger partial charge < -0.3 is 10.0 Å². The van der Waals surface area contributed by atoms with Gasteiger partial charge in [0.1, 0.15) is 0 Å². The zero-order chi connectivity index (χ0) is 17.1. The molecule has 0 radical (unpaired) electrons. The first-order valence-corrected chi connectivity index (χ1v) is 8.16. The van der Waals surface area contributed by atoms with Gasteiger partial charge in [0.2, 0.25) is 0 Å². The van der Waals surface area contributed by atoms with Crippen LogP contribution in [0, 0.1) is 5.92 Å². The molecule has 0 atom stereocenters. The molecule has 2 aliphatic rings. The Hall–Kier alpha value is -2.63. The molecule has 2 heterocycles. The molecule has 1 saturated heterocycles. The highest BCUT2D eigenvalue weighted by Gasteiger charge is 2.34. The number of allylic oxidation sites excluding steroid dienone is 1. The standard InChI is InChI=1S/C18H20N2O4/c21-16-14-6-1-2-7-15(14)17(22)20(16)10-4-3-5-13-8-11-19(12-9-13)18(23)24/h1-4,6-7,13H,5,8-12H2,(H,23,24). The molecular formula is C18H20N2O4. The highest BCUT2D eigenvalue weighted by molar-refractivity contribution is 6.21. The number of hydrogen-bond acceptors (Lipinski definition) is 3. The fourth-order valence-corrected chi connectivity index (χ4v) is 3.23. The minimum atomic E-state index is -0.852. The monoisotopic (exact) mass is 328 g/mol. The lowest BCUT2D eigenvalue weighted by Crippen LogP contribution is -2.37. The summed E-state index contributed by atoms with van der Waals surface area (Å²) in [7, 11) is 0. The fourth-order valence-electron chi connectivity index (χ4n) is 3.23. The van der Waals surface area contributed by atoms with E-state index in [-0.39, 0.29) is 18.4 Å². The number of carbonyl (C=O) groups is 3. The van der Waals surface area contributed by atoms with Crippen molar-refractivity contribution in [3.63, 3.8) is 0 Å². The third-order valence-electron chi connectivity index (χ3n) is 4.69. The summed E-state index contributed by atoms with van der Waals surface area (Å²) >= 11 is 0. The number of amides is 3. The van der Waals surface area contributed by atoms with E-state index in [9.17, 15) is 14.4 Å². The first-order chi connectivity index (χ1) is 11.6. The number of likely N-dealkylation sites (tertiary alicyclic amines) is 1. The van der Waals surface area contributed by atoms with E-state index in [4.69, 9.17) is 5.11 Å². The normalized spacial score (nSPS) is 18.5. The van der Waals surface area contributed by atoms with Gasteiger partial charge in [0.05, 0.1) is 11.1 Å². The molecule has 1 aromatic rings. The Morgan fingerprint density at radius 1 is 1.08 bits per heavy atom. The van der Waals surface area contributed by atoms with Gasteiger partial charge in [-0.1, -0.05) is 24.3 Å². The quantitative estimate of drug-likeness (QED) is 0.681. The van der Waals surface area contributed by atoms with Crippen molar-refractivity contribution in [2.45, 2.75) is 19.3 Å². The van der Waals surface area contributed by atoms with E-state index in [1.165, 1.54) is 9.80 Å². The lowest BCUT2D eigenvalue weighted by molar-refractivity contribution is 0.0671. The van der Waals surface area contributed by atoms with Gasteiger partial charge in [0.15, 0.2) is 0 Å². The molecule has 0 unspecified atom stereocenters. The summed E-state index contributed by atoms with van der Waals surface area (Å²) in [5.41, 5.74) is 0.939. The molecule has 0 saturated carbocycles. The second kappa shape index (κ2) is 6.86. The topological polar surface area (TPSA) is 77.9 Å². The number of nitrogens with zero attached hydrogens (tertiary/aromatic N) is 2. The zero-order valence-corrected chi connectivity index (χ0v) is 13.4. The maximum Gasteiger partial charge on any atom is 0.407 e. The van der Waals surface area contributed by atoms with Gasteiger partial charge in [0.25, 0.3) is 11.8 Å². The van der Waals surface area contributed by atoms with E-state index in [2.05, 4.69) is 0 Å². The lowest BCUT2D eigenvalue weighted by atomic mass is 9.93. The average Bonchev–Trinajstić information content (AvgIpc) is 2.84. The Kier molecular flexibility index (Phi) is 4.64. The number of benzene rings is 1. The van der Waals surface area contributed by atoms with Gasteiger partial charge in [-0.15, -0.1) is 0 Å². The molecule has 6 nitrogen and oxygen atoms in total. The minimum Gasteiger partial charge on any atom is -0.465 e. The van der Waals surface area contributed by atoms with Gasteiger partial charge in [-0.25, -0.2) is 4.79 Å². The van der Waals surface area contributed by atoms with Crippen molar-refractivity contribution in [1.29, 1.82) is 0 Å². The second-order valence-corrected chi connectivity index (χ2v) is 6.19. The molecular weight excluding hydrogens is 308 g/mol. The van der Waals surface area contributed by atoms with Gasteiger partial charge in [0, 0.05) is 19.6 Å². The van der Waals surface area contributed by atoms with Gasteiger partial charge in [-0.2, -0.15) is 0 Å². The average molecular weight is 328 g/mol. The van der Waals surface area contributed by atoms with E-state index >= 15 is 0 Å². The van der Waals surface area contributed by atoms with Crippen LogP contribution in [-0.2, 0) is 0 Å². The van der Waals surface area contributed by atoms with Crippen molar-refractivity contribution < 1.29 is 19.5 Å². The minimum absolute atomic E-state index is 0.241. The van der Waals surface area contributed by atoms with Crippen LogP contribution < -0.4 is 0 Å². The Balaban J connectivity index is 1.49. The SMILES string of the molecule is O=C(O)N1CCC(CC=CCN2C(=O)c3ccccc3C2=O)CC1. The highest BCUT2D eigenvalue weighted by Crippen LogP contribution is 2.23. The van der Waals surface area contributed by atoms with E-state index in [0.717, 1.165) is 19.3 Å². The molecule has 3 amide bonds. The molecule has 126 valence electrons. The van der Waals surface area contributed by atoms with Crippen LogP contribution in [0.15, 0.2) is 36.4 Å². The first-order valence-electron chi connectivity index (χ1n) is 8.16. The van der Waals surface area contributed by atoms with Crippen LogP contribution in [0.4, 0.5) is 4.79 Å². The molecule has 1 fully saturated rings. The summed E-state index contributed by atoms with van der Waals surface area (Å²) in [6.07, 6.45) is 5.54. The molecule has 3 rings (SSSR count). The predicted octanol–water partition coefficient (Wildman–Crippen LogP) is 2.62. The lowest BCUT2D eigenvalue weighted by Gasteiger charge is -2.29. The summed E-state index contributed by atoms with van der Waals surface area (Å²) in [5, 5.41) is 8.93. The van der Waals surface area contributed by atoms with Crippen LogP contribution in [0.3, 0.4) is 0 Å². The smallest absolute Gasteiger partial charge is 0.407 e. The number of rotatable bonds is 4. The van der Waals surface area contributed by atoms with Crippen LogP contribution in [0.5, 0.6) is 0 Å². The molecule has 1 aromatic carbocycles. The van der Waals surface area contributed by atoms with Crippen molar-refractivity contribution in [2.75, 3.05) is 19.6 Å². The third kappa shape index (κ3) is 3.18. The molecule has 0 aromatic heterocycles. The number of imide groups is 1. The van der Waals surface area contributed by atoms with E-state index in [1.807, 2.05) is 12.2 Å². The summed E-state index contributed by atoms with van der Waals surface area (Å²) < 4.78 is 0. The number of hydrogen-bond donors (Lipinski definition) is 1. The van der Waals surface area contributed by atoms with Crippen molar-refractivity contribution in [3.05, 3.63) is 47.5 Å². The number of piperidine rings is 1. The number of fused-ring (bicyclic) bond motifs is 1. The molecule has 2 aliphatic heterocycles. The van der Waals surface area contributed by atoms with E-state index < -0.39 is 6.09 Å². The maximum absolute atomic E-state index is 12.2. The predicted molar refractivity (Wildman–Crippen MR) is 87.9 cm³/mol. The van der Waals surface area contributed by atoms with E-state index in [0.29, 0.717) is 30.1 Å². The van der Waals surface area contributed by atoms with Crippen LogP contribution in [0.1, 0.15) is 40.0 Å². The Bertz CT molecular complexity index is 655. The van der Waals surface area contributed by atoms with Gasteiger partial charge >= 0.3 is 6.09 Å². The van der Waals surface area contributed by atoms with Gasteiger partial charge in [-0.3, -0.25) is 14.5 Å². The van der Waals surface area contributed by atoms with Crippen molar-refractivity contribution >= 4 is 17.9 Å². The summed E-state index contributed by atoms with van der Waals surface area (Å²) in [6, 6.07) is 6.87. The Morgan fingerprint density at radius 2 is 1.67 bits per heavy atom. The van der Waals surface area contributed by atoms with Gasteiger partial charge in [-0.05, 0) is 37.3 Å². The summed E-state index contributed by atoms with van der Waals surface area (Å²) in [4.78, 5) is 38.0. The molecule has 0 bridgehead atoms. The Labute approximate surface area is 140 Å². The third-order valence-corrected chi connectivity index (χ3v) is 4.69.